The molecule has 1 saturated heterocycles. The average Bonchev–Trinajstić information content (AvgIpc) is 3.81. The van der Waals surface area contributed by atoms with E-state index >= 15 is 0 Å². The van der Waals surface area contributed by atoms with Crippen LogP contribution in [0.15, 0.2) is 98.9 Å². The van der Waals surface area contributed by atoms with E-state index < -0.39 is 46.1 Å². The number of carbonyl (C=O) groups is 4. The molecule has 4 heterocycles. The summed E-state index contributed by atoms with van der Waals surface area (Å²) in [5.74, 6) is -2.26. The van der Waals surface area contributed by atoms with Crippen LogP contribution in [0, 0.1) is 6.92 Å². The van der Waals surface area contributed by atoms with Gasteiger partial charge in [0.05, 0.1) is 4.88 Å². The summed E-state index contributed by atoms with van der Waals surface area (Å²) in [7, 11) is 0. The minimum absolute atomic E-state index is 0.126. The lowest BCUT2D eigenvalue weighted by atomic mass is 10.0. The Morgan fingerprint density at radius 3 is 2.33 bits per heavy atom. The number of thioether (sulfide) groups is 2. The van der Waals surface area contributed by atoms with Crippen LogP contribution >= 0.6 is 69.4 Å². The topological polar surface area (TPSA) is 140 Å². The fraction of sp³-hybridized carbons (Fsp3) is 0.219. The maximum absolute atomic E-state index is 14.2. The van der Waals surface area contributed by atoms with E-state index in [0.29, 0.717) is 22.0 Å². The number of aromatic nitrogens is 2. The molecule has 2 amide bonds. The second-order valence-electron chi connectivity index (χ2n) is 10.4. The first-order chi connectivity index (χ1) is 23.7. The van der Waals surface area contributed by atoms with E-state index in [1.54, 1.807) is 17.5 Å². The number of rotatable bonds is 12. The van der Waals surface area contributed by atoms with Crippen LogP contribution in [0.1, 0.15) is 27.1 Å². The first-order valence-electron chi connectivity index (χ1n) is 14.5. The Morgan fingerprint density at radius 1 is 1.04 bits per heavy atom. The summed E-state index contributed by atoms with van der Waals surface area (Å²) in [5.41, 5.74) is 2.10. The zero-order chi connectivity index (χ0) is 34.5. The number of fused-ring (bicyclic) bond motifs is 1. The van der Waals surface area contributed by atoms with Crippen LogP contribution in [0.3, 0.4) is 0 Å². The number of hydrogen-bond acceptors (Lipinski definition) is 13. The van der Waals surface area contributed by atoms with Gasteiger partial charge in [-0.1, -0.05) is 118 Å². The van der Waals surface area contributed by atoms with Crippen molar-refractivity contribution in [3.63, 3.8) is 0 Å². The number of ether oxygens (including phenoxy) is 1. The molecular weight excluding hydrogens is 750 g/mol. The summed E-state index contributed by atoms with van der Waals surface area (Å²) < 4.78 is 6.95. The molecule has 1 fully saturated rings. The Bertz CT molecular complexity index is 1870. The highest BCUT2D eigenvalue weighted by atomic mass is 35.5. The Balaban J connectivity index is 1.27. The van der Waals surface area contributed by atoms with Crippen molar-refractivity contribution in [1.82, 2.24) is 20.4 Å². The first kappa shape index (κ1) is 35.1. The van der Waals surface area contributed by atoms with Crippen molar-refractivity contribution in [2.24, 2.45) is 5.16 Å². The predicted octanol–water partition coefficient (Wildman–Crippen LogP) is 5.74. The molecule has 0 bridgehead atoms. The molecular formula is C32H25Cl2N5O6S4. The van der Waals surface area contributed by atoms with Gasteiger partial charge in [0, 0.05) is 11.5 Å². The van der Waals surface area contributed by atoms with Gasteiger partial charge >= 0.3 is 11.9 Å². The number of nitrogens with one attached hydrogen (secondary N) is 1. The number of carbonyl (C=O) groups excluding carboxylic acids is 4. The first-order valence-corrected chi connectivity index (χ1v) is 19.1. The number of aryl methyl sites for hydroxylation is 1. The van der Waals surface area contributed by atoms with Crippen LogP contribution in [-0.4, -0.2) is 72.3 Å². The lowest BCUT2D eigenvalue weighted by molar-refractivity contribution is -0.154. The van der Waals surface area contributed by atoms with Crippen molar-refractivity contribution >= 4 is 98.9 Å². The Labute approximate surface area is 307 Å². The number of benzene rings is 2. The summed E-state index contributed by atoms with van der Waals surface area (Å²) in [6.07, 6.45) is -0.741. The van der Waals surface area contributed by atoms with E-state index in [9.17, 15) is 19.2 Å². The molecule has 0 radical (unpaired) electrons. The van der Waals surface area contributed by atoms with Crippen LogP contribution in [-0.2, 0) is 28.8 Å². The fourth-order valence-corrected chi connectivity index (χ4v) is 9.05. The summed E-state index contributed by atoms with van der Waals surface area (Å²) in [5, 5.41) is 16.6. The summed E-state index contributed by atoms with van der Waals surface area (Å²) in [6, 6.07) is 21.0. The number of amides is 2. The number of halogens is 2. The number of hydrogen-bond donors (Lipinski definition) is 1. The maximum atomic E-state index is 14.2. The standard InChI is InChI=1S/C32H25Cl2N5O6S4/c1-17-36-37-32(49-17)48-16-20-15-47-29-23(35-27(40)22(21-13-8-14-46-21)38-45-31(43)26(33)34)28(41)39(29)24(20)30(42)44-25(18-9-4-2-5-10-18)19-11-6-3-7-12-19/h2-14,23,25-26,29H,15-16H2,1H3,(H,35,40)/t23-,29-/m1/s1. The number of oxime groups is 1. The van der Waals surface area contributed by atoms with Crippen molar-refractivity contribution in [1.29, 1.82) is 0 Å². The second kappa shape index (κ2) is 15.9. The monoisotopic (exact) mass is 773 g/mol. The molecule has 2 aromatic heterocycles. The van der Waals surface area contributed by atoms with Crippen LogP contribution in [0.4, 0.5) is 0 Å². The third-order valence-electron chi connectivity index (χ3n) is 7.21. The Kier molecular flexibility index (Phi) is 11.4. The number of thiophene rings is 1. The van der Waals surface area contributed by atoms with Crippen LogP contribution < -0.4 is 5.32 Å². The molecule has 4 aromatic rings. The quantitative estimate of drug-likeness (QED) is 0.0361. The molecule has 11 nitrogen and oxygen atoms in total. The zero-order valence-electron chi connectivity index (χ0n) is 25.4. The van der Waals surface area contributed by atoms with Crippen molar-refractivity contribution < 1.29 is 28.8 Å². The Morgan fingerprint density at radius 2 is 1.73 bits per heavy atom. The highest BCUT2D eigenvalue weighted by Gasteiger charge is 2.55. The summed E-state index contributed by atoms with van der Waals surface area (Å²) >= 11 is 16.5. The molecule has 2 aliphatic rings. The molecule has 2 atom stereocenters. The fourth-order valence-electron chi connectivity index (χ4n) is 4.97. The van der Waals surface area contributed by atoms with Crippen LogP contribution in [0.25, 0.3) is 0 Å². The number of nitrogens with zero attached hydrogens (tertiary/aromatic N) is 4. The molecule has 6 rings (SSSR count). The molecule has 49 heavy (non-hydrogen) atoms. The number of β-lactam (4-membered cyclic amide) rings is 1. The van der Waals surface area contributed by atoms with Gasteiger partial charge in [-0.3, -0.25) is 14.5 Å². The van der Waals surface area contributed by atoms with E-state index in [4.69, 9.17) is 32.8 Å². The molecule has 17 heteroatoms. The lowest BCUT2D eigenvalue weighted by Gasteiger charge is -2.49. The van der Waals surface area contributed by atoms with E-state index in [1.807, 2.05) is 67.6 Å². The second-order valence-corrected chi connectivity index (χ2v) is 16.0. The molecule has 252 valence electrons. The molecule has 1 N–H and O–H groups in total. The van der Waals surface area contributed by atoms with Crippen molar-refractivity contribution in [3.8, 4) is 0 Å². The van der Waals surface area contributed by atoms with Crippen LogP contribution in [0.5, 0.6) is 0 Å². The summed E-state index contributed by atoms with van der Waals surface area (Å²) in [6.45, 7) is 1.86. The molecule has 2 aliphatic heterocycles. The third kappa shape index (κ3) is 8.03. The average molecular weight is 775 g/mol. The Hall–Kier alpha value is -3.73. The largest absolute Gasteiger partial charge is 0.448 e. The SMILES string of the molecule is Cc1nnc(SCC2=C(C(=O)OC(c3ccccc3)c3ccccc3)N3C(=O)[C@@H](NC(=O)C(=NOC(=O)C(Cl)Cl)c4cccs4)[C@H]3SC2)s1. The van der Waals surface area contributed by atoms with E-state index in [0.717, 1.165) is 20.5 Å². The van der Waals surface area contributed by atoms with Gasteiger partial charge in [-0.15, -0.1) is 33.3 Å². The summed E-state index contributed by atoms with van der Waals surface area (Å²) in [4.78, 5) is 58.4. The third-order valence-corrected chi connectivity index (χ3v) is 11.8. The lowest BCUT2D eigenvalue weighted by Crippen LogP contribution is -2.71. The van der Waals surface area contributed by atoms with Gasteiger partial charge in [-0.25, -0.2) is 9.59 Å². The zero-order valence-corrected chi connectivity index (χ0v) is 30.1. The highest BCUT2D eigenvalue weighted by Crippen LogP contribution is 2.43. The number of alkyl halides is 2. The van der Waals surface area contributed by atoms with Gasteiger partial charge in [0.15, 0.2) is 16.2 Å². The van der Waals surface area contributed by atoms with E-state index in [2.05, 4.69) is 20.7 Å². The van der Waals surface area contributed by atoms with Gasteiger partial charge < -0.3 is 14.9 Å². The highest BCUT2D eigenvalue weighted by molar-refractivity contribution is 8.01. The normalized spacial score (nSPS) is 17.5. The predicted molar refractivity (Wildman–Crippen MR) is 191 cm³/mol. The van der Waals surface area contributed by atoms with Gasteiger partial charge in [-0.05, 0) is 35.1 Å². The van der Waals surface area contributed by atoms with Crippen LogP contribution in [0.2, 0.25) is 0 Å². The van der Waals surface area contributed by atoms with Gasteiger partial charge in [0.25, 0.3) is 11.8 Å². The minimum Gasteiger partial charge on any atom is -0.448 e. The van der Waals surface area contributed by atoms with Crippen molar-refractivity contribution in [2.75, 3.05) is 11.5 Å². The smallest absolute Gasteiger partial charge is 0.367 e. The molecule has 0 spiro atoms. The molecule has 2 aromatic carbocycles. The minimum atomic E-state index is -1.51. The van der Waals surface area contributed by atoms with Gasteiger partial charge in [-0.2, -0.15) is 0 Å². The van der Waals surface area contributed by atoms with Gasteiger partial charge in [0.2, 0.25) is 4.84 Å². The van der Waals surface area contributed by atoms with E-state index in [-0.39, 0.29) is 11.4 Å². The van der Waals surface area contributed by atoms with E-state index in [1.165, 1.54) is 51.1 Å². The van der Waals surface area contributed by atoms with Crippen molar-refractivity contribution in [2.45, 2.75) is 33.6 Å². The molecule has 0 unspecified atom stereocenters. The molecule has 0 aliphatic carbocycles. The maximum Gasteiger partial charge on any atom is 0.367 e. The van der Waals surface area contributed by atoms with Gasteiger partial charge in [0.1, 0.15) is 22.1 Å². The molecule has 0 saturated carbocycles. The number of esters is 1. The van der Waals surface area contributed by atoms with Crippen molar-refractivity contribution in [3.05, 3.63) is 110 Å².